The minimum absolute atomic E-state index is 0.129. The van der Waals surface area contributed by atoms with Crippen LogP contribution in [0.5, 0.6) is 0 Å². The molecule has 0 bridgehead atoms. The van der Waals surface area contributed by atoms with Gasteiger partial charge in [0, 0.05) is 17.2 Å². The lowest BCUT2D eigenvalue weighted by atomic mass is 9.86. The van der Waals surface area contributed by atoms with Crippen molar-refractivity contribution in [1.29, 1.82) is 0 Å². The van der Waals surface area contributed by atoms with Crippen LogP contribution in [0.25, 0.3) is 0 Å². The molecule has 0 radical (unpaired) electrons. The van der Waals surface area contributed by atoms with E-state index in [9.17, 15) is 8.78 Å². The second-order valence-corrected chi connectivity index (χ2v) is 4.54. The van der Waals surface area contributed by atoms with Crippen molar-refractivity contribution in [2.75, 3.05) is 0 Å². The van der Waals surface area contributed by atoms with E-state index in [0.717, 1.165) is 6.42 Å². The molecule has 1 rings (SSSR count). The van der Waals surface area contributed by atoms with Crippen molar-refractivity contribution in [3.8, 4) is 0 Å². The number of nitrogens with zero attached hydrogens (tertiary/aromatic N) is 1. The van der Waals surface area contributed by atoms with Crippen molar-refractivity contribution in [1.82, 2.24) is 4.98 Å². The Morgan fingerprint density at radius 3 is 2.47 bits per heavy atom. The first-order valence-corrected chi connectivity index (χ1v) is 5.20. The van der Waals surface area contributed by atoms with E-state index in [1.165, 1.54) is 12.3 Å². The zero-order valence-electron chi connectivity index (χ0n) is 9.02. The molecule has 0 unspecified atom stereocenters. The van der Waals surface area contributed by atoms with Crippen molar-refractivity contribution in [3.05, 3.63) is 28.5 Å². The lowest BCUT2D eigenvalue weighted by molar-refractivity contribution is 0.151. The van der Waals surface area contributed by atoms with Crippen LogP contribution >= 0.6 is 11.6 Å². The highest BCUT2D eigenvalue weighted by molar-refractivity contribution is 6.31. The number of pyridine rings is 1. The summed E-state index contributed by atoms with van der Waals surface area (Å²) in [7, 11) is 0. The maximum Gasteiger partial charge on any atom is 0.265 e. The number of aromatic nitrogens is 1. The van der Waals surface area contributed by atoms with E-state index < -0.39 is 6.43 Å². The maximum absolute atomic E-state index is 12.4. The van der Waals surface area contributed by atoms with Gasteiger partial charge in [0.1, 0.15) is 0 Å². The molecule has 1 aromatic heterocycles. The topological polar surface area (TPSA) is 12.9 Å². The van der Waals surface area contributed by atoms with Gasteiger partial charge < -0.3 is 0 Å². The van der Waals surface area contributed by atoms with Crippen molar-refractivity contribution in [2.24, 2.45) is 0 Å². The molecule has 84 valence electrons. The Hall–Kier alpha value is -0.700. The summed E-state index contributed by atoms with van der Waals surface area (Å²) in [5.74, 6) is 0. The lowest BCUT2D eigenvalue weighted by Gasteiger charge is -2.23. The summed E-state index contributed by atoms with van der Waals surface area (Å²) in [6, 6.07) is 1.30. The molecular weight excluding hydrogens is 220 g/mol. The largest absolute Gasteiger partial charge is 0.265 e. The molecule has 0 aliphatic heterocycles. The highest BCUT2D eigenvalue weighted by atomic mass is 35.5. The van der Waals surface area contributed by atoms with E-state index in [-0.39, 0.29) is 11.0 Å². The summed E-state index contributed by atoms with van der Waals surface area (Å²) in [6.07, 6.45) is -0.467. The molecule has 0 atom stereocenters. The number of halogens is 3. The standard InChI is InChI=1S/C11H14ClF2N/c1-4-11(2,3)9-8(12)5-7(6-15-9)10(13)14/h5-6,10H,4H2,1-3H3. The van der Waals surface area contributed by atoms with Gasteiger partial charge in [0.25, 0.3) is 6.43 Å². The van der Waals surface area contributed by atoms with E-state index in [1.807, 2.05) is 20.8 Å². The molecule has 0 spiro atoms. The predicted molar refractivity (Wildman–Crippen MR) is 57.5 cm³/mol. The molecule has 0 aliphatic carbocycles. The zero-order valence-corrected chi connectivity index (χ0v) is 9.78. The van der Waals surface area contributed by atoms with Crippen molar-refractivity contribution < 1.29 is 8.78 Å². The minimum Gasteiger partial charge on any atom is -0.259 e. The zero-order chi connectivity index (χ0) is 11.6. The van der Waals surface area contributed by atoms with Crippen LogP contribution < -0.4 is 0 Å². The van der Waals surface area contributed by atoms with Gasteiger partial charge in [0.05, 0.1) is 10.7 Å². The third-order valence-electron chi connectivity index (χ3n) is 2.64. The molecule has 1 heterocycles. The van der Waals surface area contributed by atoms with Crippen LogP contribution in [0, 0.1) is 0 Å². The first-order chi connectivity index (χ1) is 6.88. The quantitative estimate of drug-likeness (QED) is 0.756. The second-order valence-electron chi connectivity index (χ2n) is 4.14. The summed E-state index contributed by atoms with van der Waals surface area (Å²) in [5.41, 5.74) is 0.365. The molecule has 1 aromatic rings. The first-order valence-electron chi connectivity index (χ1n) is 4.82. The van der Waals surface area contributed by atoms with Crippen LogP contribution in [-0.4, -0.2) is 4.98 Å². The molecule has 0 saturated carbocycles. The van der Waals surface area contributed by atoms with Gasteiger partial charge in [-0.15, -0.1) is 0 Å². The van der Waals surface area contributed by atoms with Crippen molar-refractivity contribution in [2.45, 2.75) is 39.0 Å². The van der Waals surface area contributed by atoms with Crippen LogP contribution in [0.2, 0.25) is 5.02 Å². The molecule has 4 heteroatoms. The van der Waals surface area contributed by atoms with Crippen LogP contribution in [0.1, 0.15) is 44.9 Å². The average Bonchev–Trinajstić information content (AvgIpc) is 2.17. The summed E-state index contributed by atoms with van der Waals surface area (Å²) in [6.45, 7) is 5.99. The molecule has 0 aliphatic rings. The Kier molecular flexibility index (Phi) is 3.66. The summed E-state index contributed by atoms with van der Waals surface area (Å²) >= 11 is 5.94. The Morgan fingerprint density at radius 1 is 1.47 bits per heavy atom. The maximum atomic E-state index is 12.4. The van der Waals surface area contributed by atoms with Gasteiger partial charge >= 0.3 is 0 Å². The molecule has 0 saturated heterocycles. The Labute approximate surface area is 93.5 Å². The Balaban J connectivity index is 3.14. The van der Waals surface area contributed by atoms with Crippen molar-refractivity contribution >= 4 is 11.6 Å². The minimum atomic E-state index is -2.52. The molecular formula is C11H14ClF2N. The van der Waals surface area contributed by atoms with E-state index in [1.54, 1.807) is 0 Å². The fourth-order valence-electron chi connectivity index (χ4n) is 1.24. The smallest absolute Gasteiger partial charge is 0.259 e. The number of rotatable bonds is 3. The predicted octanol–water partition coefficient (Wildman–Crippen LogP) is 4.36. The second kappa shape index (κ2) is 4.44. The van der Waals surface area contributed by atoms with E-state index in [4.69, 9.17) is 11.6 Å². The highest BCUT2D eigenvalue weighted by Gasteiger charge is 2.23. The van der Waals surface area contributed by atoms with Gasteiger partial charge in [-0.25, -0.2) is 8.78 Å². The van der Waals surface area contributed by atoms with Crippen LogP contribution in [0.15, 0.2) is 12.3 Å². The first kappa shape index (κ1) is 12.4. The number of hydrogen-bond donors (Lipinski definition) is 0. The molecule has 1 nitrogen and oxygen atoms in total. The summed E-state index contributed by atoms with van der Waals surface area (Å²) in [4.78, 5) is 4.03. The van der Waals surface area contributed by atoms with E-state index >= 15 is 0 Å². The average molecular weight is 234 g/mol. The Bertz CT molecular complexity index is 350. The third-order valence-corrected chi connectivity index (χ3v) is 2.93. The lowest BCUT2D eigenvalue weighted by Crippen LogP contribution is -2.18. The highest BCUT2D eigenvalue weighted by Crippen LogP contribution is 2.32. The molecule has 0 amide bonds. The normalized spacial score (nSPS) is 12.2. The Morgan fingerprint density at radius 2 is 2.07 bits per heavy atom. The van der Waals surface area contributed by atoms with Crippen LogP contribution in [-0.2, 0) is 5.41 Å². The molecule has 15 heavy (non-hydrogen) atoms. The summed E-state index contributed by atoms with van der Waals surface area (Å²) < 4.78 is 24.7. The van der Waals surface area contributed by atoms with Gasteiger partial charge in [0.2, 0.25) is 0 Å². The van der Waals surface area contributed by atoms with Crippen molar-refractivity contribution in [3.63, 3.8) is 0 Å². The van der Waals surface area contributed by atoms with Gasteiger partial charge in [-0.05, 0) is 12.5 Å². The summed E-state index contributed by atoms with van der Waals surface area (Å²) in [5, 5.41) is 0.319. The molecule has 0 fully saturated rings. The monoisotopic (exact) mass is 233 g/mol. The van der Waals surface area contributed by atoms with Gasteiger partial charge in [0.15, 0.2) is 0 Å². The van der Waals surface area contributed by atoms with Gasteiger partial charge in [-0.1, -0.05) is 32.4 Å². The SMILES string of the molecule is CCC(C)(C)c1ncc(C(F)F)cc1Cl. The third kappa shape index (κ3) is 2.65. The molecule has 0 aromatic carbocycles. The van der Waals surface area contributed by atoms with E-state index in [0.29, 0.717) is 10.7 Å². The van der Waals surface area contributed by atoms with E-state index in [2.05, 4.69) is 4.98 Å². The van der Waals surface area contributed by atoms with Gasteiger partial charge in [-0.2, -0.15) is 0 Å². The van der Waals surface area contributed by atoms with Crippen LogP contribution in [0.3, 0.4) is 0 Å². The number of hydrogen-bond acceptors (Lipinski definition) is 1. The van der Waals surface area contributed by atoms with Crippen LogP contribution in [0.4, 0.5) is 8.78 Å². The fourth-order valence-corrected chi connectivity index (χ4v) is 1.67. The number of alkyl halides is 2. The molecule has 0 N–H and O–H groups in total. The fraction of sp³-hybridized carbons (Fsp3) is 0.545. The van der Waals surface area contributed by atoms with Gasteiger partial charge in [-0.3, -0.25) is 4.98 Å².